The number of nitrogens with zero attached hydrogens (tertiary/aromatic N) is 8. The molecular formula is C56H32AlClN8S4. The van der Waals surface area contributed by atoms with Crippen LogP contribution in [0.3, 0.4) is 0 Å². The van der Waals surface area contributed by atoms with Crippen LogP contribution in [0.5, 0.6) is 0 Å². The van der Waals surface area contributed by atoms with Crippen molar-refractivity contribution in [3.8, 4) is 0 Å². The van der Waals surface area contributed by atoms with Crippen LogP contribution in [0.15, 0.2) is 263 Å². The molecule has 0 atom stereocenters. The third-order valence-corrected chi connectivity index (χ3v) is 19.7. The Balaban J connectivity index is 1.14. The maximum Gasteiger partial charge on any atom is 0.722 e. The molecule has 0 unspecified atom stereocenters. The van der Waals surface area contributed by atoms with E-state index in [2.05, 4.69) is 177 Å². The summed E-state index contributed by atoms with van der Waals surface area (Å²) in [4.78, 5) is 42.1. The molecule has 14 heteroatoms. The number of halogens is 1. The summed E-state index contributed by atoms with van der Waals surface area (Å²) in [6.45, 7) is 0. The molecule has 0 saturated heterocycles. The van der Waals surface area contributed by atoms with Gasteiger partial charge >= 0.3 is 13.7 Å². The minimum Gasteiger partial charge on any atom is -0.370 e. The molecule has 330 valence electrons. The predicted molar refractivity (Wildman–Crippen MR) is 289 cm³/mol. The summed E-state index contributed by atoms with van der Waals surface area (Å²) in [6.07, 6.45) is 0. The van der Waals surface area contributed by atoms with Crippen molar-refractivity contribution < 1.29 is 0 Å². The molecule has 0 fully saturated rings. The highest BCUT2D eigenvalue weighted by Crippen LogP contribution is 2.48. The highest BCUT2D eigenvalue weighted by molar-refractivity contribution is 8.00. The number of rotatable bonds is 8. The van der Waals surface area contributed by atoms with Gasteiger partial charge in [-0.15, -0.1) is 0 Å². The fourth-order valence-electron chi connectivity index (χ4n) is 9.43. The van der Waals surface area contributed by atoms with E-state index in [1.807, 2.05) is 24.3 Å². The lowest BCUT2D eigenvalue weighted by Gasteiger charge is -2.15. The summed E-state index contributed by atoms with van der Waals surface area (Å²) in [7, 11) is 8.43. The van der Waals surface area contributed by atoms with Crippen molar-refractivity contribution in [1.29, 1.82) is 0 Å². The third-order valence-electron chi connectivity index (χ3n) is 12.5. The van der Waals surface area contributed by atoms with Gasteiger partial charge in [0.05, 0.1) is 0 Å². The topological polar surface area (TPSA) is 84.0 Å². The van der Waals surface area contributed by atoms with Crippen LogP contribution in [0, 0.1) is 0 Å². The lowest BCUT2D eigenvalue weighted by atomic mass is 10.1. The van der Waals surface area contributed by atoms with Crippen LogP contribution in [0.25, 0.3) is 21.5 Å². The van der Waals surface area contributed by atoms with Gasteiger partial charge in [-0.3, -0.25) is 0 Å². The molecule has 14 rings (SSSR count). The molecule has 6 heterocycles. The Labute approximate surface area is 427 Å². The van der Waals surface area contributed by atoms with Gasteiger partial charge < -0.3 is 7.10 Å². The molecular weight excluding hydrogens is 975 g/mol. The fraction of sp³-hybridized carbons (Fsp3) is 0. The number of fused-ring (bicyclic) bond motifs is 14. The normalized spacial score (nSPS) is 14.0. The van der Waals surface area contributed by atoms with E-state index in [-0.39, 0.29) is 0 Å². The Kier molecular flexibility index (Phi) is 10.5. The zero-order valence-electron chi connectivity index (χ0n) is 36.6. The number of aliphatic imine (C=N–C) groups is 4. The van der Waals surface area contributed by atoms with Crippen LogP contribution in [0.4, 0.5) is 11.6 Å². The zero-order valence-corrected chi connectivity index (χ0v) is 41.8. The standard InChI is InChI=1S/C56H32N8S4.Al.ClH/c1-5-17-33(18-6-1)65-41-29-13-25-37-45(41)53-57-49(37)62-54-47-39(27-15-31-43(47)67-35-21-9-3-10-22-35)51(59-54)64-56-48-40(28-16-32-44(48)68-36-23-11-4-12-24-36)52(60-56)63-55-46-38(50(58-55)61-53)26-14-30-42(46)66-34-19-7-2-8-20-34;;/h1-32H;;1H/q-2;+3;/p-1. The first-order chi connectivity index (χ1) is 34.6. The van der Waals surface area contributed by atoms with E-state index in [9.17, 15) is 0 Å². The van der Waals surface area contributed by atoms with Crippen LogP contribution in [0.1, 0.15) is 22.3 Å². The van der Waals surface area contributed by atoms with E-state index in [4.69, 9.17) is 40.0 Å². The van der Waals surface area contributed by atoms with Crippen LogP contribution in [-0.2, 0) is 0 Å². The van der Waals surface area contributed by atoms with E-state index >= 15 is 0 Å². The second-order valence-electron chi connectivity index (χ2n) is 16.7. The monoisotopic (exact) mass is 1010 g/mol. The zero-order chi connectivity index (χ0) is 46.3. The van der Waals surface area contributed by atoms with Crippen LogP contribution >= 0.6 is 57.1 Å². The third kappa shape index (κ3) is 7.10. The quantitative estimate of drug-likeness (QED) is 0.142. The Morgan fingerprint density at radius 1 is 0.329 bits per heavy atom. The predicted octanol–water partition coefficient (Wildman–Crippen LogP) is 13.8. The van der Waals surface area contributed by atoms with Crippen molar-refractivity contribution in [3.05, 3.63) is 227 Å². The average Bonchev–Trinajstić information content (AvgIpc) is 4.12. The molecule has 8 aromatic carbocycles. The molecule has 0 saturated carbocycles. The SMILES string of the molecule is [Cl][Al]1[n]2c3c4cccc(Sc5ccccc5)c4c2N=C2N=C(N=c4c5cccc(Sc6ccccc6)c5c([n]41)=NC1=NC(=N3)c3c(Sc4ccccc4)cccc31)c1c(Sc3ccccc3)cccc12. The van der Waals surface area contributed by atoms with Gasteiger partial charge in [0.2, 0.25) is 0 Å². The highest BCUT2D eigenvalue weighted by atomic mass is 35.6. The van der Waals surface area contributed by atoms with Gasteiger partial charge in [0.15, 0.2) is 23.3 Å². The molecule has 4 aliphatic rings. The molecule has 0 N–H and O–H groups in total. The second-order valence-corrected chi connectivity index (χ2v) is 24.0. The van der Waals surface area contributed by atoms with E-state index < -0.39 is 13.7 Å². The average molecular weight is 1010 g/mol. The lowest BCUT2D eigenvalue weighted by molar-refractivity contribution is 0.981. The molecule has 0 radical (unpaired) electrons. The molecule has 0 aliphatic carbocycles. The van der Waals surface area contributed by atoms with E-state index in [0.717, 1.165) is 83.0 Å². The van der Waals surface area contributed by atoms with Crippen molar-refractivity contribution in [2.45, 2.75) is 39.2 Å². The summed E-state index contributed by atoms with van der Waals surface area (Å²) < 4.78 is 4.38. The smallest absolute Gasteiger partial charge is 0.370 e. The maximum atomic E-state index is 8.43. The Bertz CT molecular complexity index is 4080. The van der Waals surface area contributed by atoms with Gasteiger partial charge in [-0.2, -0.15) is 10.0 Å². The second kappa shape index (κ2) is 17.3. The van der Waals surface area contributed by atoms with Crippen molar-refractivity contribution >= 4 is 127 Å². The number of benzene rings is 8. The number of aromatic nitrogens is 2. The van der Waals surface area contributed by atoms with Gasteiger partial charge in [0.25, 0.3) is 0 Å². The number of amidine groups is 4. The van der Waals surface area contributed by atoms with Crippen LogP contribution < -0.4 is 11.0 Å². The fourth-order valence-corrected chi connectivity index (χ4v) is 16.3. The summed E-state index contributed by atoms with van der Waals surface area (Å²) in [6, 6.07) is 67.3. The molecule has 0 amide bonds. The maximum absolute atomic E-state index is 8.43. The minimum atomic E-state index is -3.09. The van der Waals surface area contributed by atoms with Crippen molar-refractivity contribution in [2.75, 3.05) is 0 Å². The van der Waals surface area contributed by atoms with Crippen LogP contribution in [0.2, 0.25) is 0 Å². The molecule has 10 aromatic rings. The molecule has 2 aromatic heterocycles. The highest BCUT2D eigenvalue weighted by Gasteiger charge is 2.40. The van der Waals surface area contributed by atoms with E-state index in [0.29, 0.717) is 46.0 Å². The van der Waals surface area contributed by atoms with Crippen molar-refractivity contribution in [3.63, 3.8) is 0 Å². The van der Waals surface area contributed by atoms with E-state index in [1.54, 1.807) is 47.0 Å². The largest absolute Gasteiger partial charge is 0.722 e. The van der Waals surface area contributed by atoms with Gasteiger partial charge in [-0.25, -0.2) is 30.0 Å². The van der Waals surface area contributed by atoms with Crippen molar-refractivity contribution in [2.24, 2.45) is 30.0 Å². The van der Waals surface area contributed by atoms with E-state index in [1.165, 1.54) is 0 Å². The lowest BCUT2D eigenvalue weighted by Crippen LogP contribution is -2.43. The molecule has 6 bridgehead atoms. The Morgan fingerprint density at radius 3 is 1.30 bits per heavy atom. The first kappa shape index (κ1) is 42.2. The molecule has 70 heavy (non-hydrogen) atoms. The minimum absolute atomic E-state index is 0.566. The first-order valence-corrected chi connectivity index (χ1v) is 28.6. The van der Waals surface area contributed by atoms with Crippen LogP contribution in [-0.4, -0.2) is 44.1 Å². The summed E-state index contributed by atoms with van der Waals surface area (Å²) in [5.41, 5.74) is 4.99. The van der Waals surface area contributed by atoms with Gasteiger partial charge in [0.1, 0.15) is 22.6 Å². The number of hydrogen-bond donors (Lipinski definition) is 0. The Morgan fingerprint density at radius 2 is 0.743 bits per heavy atom. The van der Waals surface area contributed by atoms with Gasteiger partial charge in [-0.05, 0) is 72.8 Å². The summed E-state index contributed by atoms with van der Waals surface area (Å²) in [5.74, 6) is 3.63. The molecule has 8 nitrogen and oxygen atoms in total. The first-order valence-electron chi connectivity index (χ1n) is 22.6. The van der Waals surface area contributed by atoms with Gasteiger partial charge in [-0.1, -0.05) is 168 Å². The van der Waals surface area contributed by atoms with Gasteiger partial charge in [0, 0.05) is 83.0 Å². The summed E-state index contributed by atoms with van der Waals surface area (Å²) >= 11 is 3.69. The van der Waals surface area contributed by atoms with Crippen molar-refractivity contribution in [1.82, 2.24) is 7.10 Å². The molecule has 4 aliphatic heterocycles. The summed E-state index contributed by atoms with van der Waals surface area (Å²) in [5, 5.41) is 3.69. The molecule has 0 spiro atoms. The number of hydrogen-bond acceptors (Lipinski definition) is 10. The Hall–Kier alpha value is -6.66.